The molecular formula is C12H13N3. The van der Waals surface area contributed by atoms with E-state index in [1.54, 1.807) is 0 Å². The smallest absolute Gasteiger partial charge is 0.154 e. The minimum Gasteiger partial charge on any atom is -0.335 e. The number of benzene rings is 1. The van der Waals surface area contributed by atoms with Crippen LogP contribution in [0.1, 0.15) is 5.56 Å². The van der Waals surface area contributed by atoms with Crippen LogP contribution in [0.5, 0.6) is 0 Å². The Morgan fingerprint density at radius 2 is 1.73 bits per heavy atom. The van der Waals surface area contributed by atoms with Gasteiger partial charge in [0.2, 0.25) is 0 Å². The highest BCUT2D eigenvalue weighted by Gasteiger charge is 1.93. The van der Waals surface area contributed by atoms with Gasteiger partial charge < -0.3 is 4.57 Å². The van der Waals surface area contributed by atoms with Crippen molar-refractivity contribution in [3.05, 3.63) is 48.2 Å². The van der Waals surface area contributed by atoms with E-state index < -0.39 is 0 Å². The zero-order chi connectivity index (χ0) is 10.7. The fraction of sp³-hybridized carbons (Fsp3) is 0.167. The first-order valence-corrected chi connectivity index (χ1v) is 4.85. The topological polar surface area (TPSA) is 29.6 Å². The summed E-state index contributed by atoms with van der Waals surface area (Å²) in [4.78, 5) is 0. The first kappa shape index (κ1) is 9.65. The van der Waals surface area contributed by atoms with Crippen molar-refractivity contribution in [2.45, 2.75) is 6.92 Å². The first-order valence-electron chi connectivity index (χ1n) is 4.85. The first-order chi connectivity index (χ1) is 7.25. The van der Waals surface area contributed by atoms with Gasteiger partial charge in [-0.05, 0) is 31.2 Å². The minimum absolute atomic E-state index is 0.857. The normalized spacial score (nSPS) is 11.1. The Balaban J connectivity index is 2.19. The van der Waals surface area contributed by atoms with Gasteiger partial charge in [-0.2, -0.15) is 0 Å². The highest BCUT2D eigenvalue weighted by molar-refractivity contribution is 5.39. The number of nitrogens with zero attached hydrogens (tertiary/aromatic N) is 3. The van der Waals surface area contributed by atoms with Crippen LogP contribution in [0.15, 0.2) is 52.8 Å². The molecule has 1 aromatic heterocycles. The Morgan fingerprint density at radius 1 is 1.00 bits per heavy atom. The Morgan fingerprint density at radius 3 is 2.33 bits per heavy atom. The lowest BCUT2D eigenvalue weighted by atomic mass is 10.2. The lowest BCUT2D eigenvalue weighted by molar-refractivity contribution is 0.910. The third-order valence-corrected chi connectivity index (χ3v) is 2.22. The quantitative estimate of drug-likeness (QED) is 0.659. The van der Waals surface area contributed by atoms with Crippen LogP contribution < -0.4 is 0 Å². The van der Waals surface area contributed by atoms with Crippen molar-refractivity contribution in [3.8, 4) is 0 Å². The number of hydrogen-bond donors (Lipinski definition) is 0. The molecule has 0 saturated heterocycles. The molecule has 0 aliphatic heterocycles. The van der Waals surface area contributed by atoms with Crippen molar-refractivity contribution in [1.82, 2.24) is 4.57 Å². The molecule has 2 aromatic rings. The van der Waals surface area contributed by atoms with Crippen LogP contribution in [-0.2, 0) is 7.05 Å². The Bertz CT molecular complexity index is 466. The second kappa shape index (κ2) is 4.09. The molecular weight excluding hydrogens is 186 g/mol. The van der Waals surface area contributed by atoms with E-state index in [4.69, 9.17) is 0 Å². The van der Waals surface area contributed by atoms with Crippen molar-refractivity contribution in [2.24, 2.45) is 17.3 Å². The van der Waals surface area contributed by atoms with E-state index in [1.807, 2.05) is 54.2 Å². The summed E-state index contributed by atoms with van der Waals surface area (Å²) in [7, 11) is 1.95. The van der Waals surface area contributed by atoms with Gasteiger partial charge in [-0.1, -0.05) is 17.7 Å². The third kappa shape index (κ3) is 2.31. The van der Waals surface area contributed by atoms with E-state index in [-0.39, 0.29) is 0 Å². The standard InChI is InChI=1S/C12H13N3/c1-10-5-7-11(8-6-10)13-14-12-4-3-9-15(12)2/h3-9H,1-2H3. The molecule has 0 bridgehead atoms. The van der Waals surface area contributed by atoms with Crippen LogP contribution in [0.25, 0.3) is 0 Å². The molecule has 0 spiro atoms. The molecule has 15 heavy (non-hydrogen) atoms. The molecule has 1 heterocycles. The number of aromatic nitrogens is 1. The molecule has 0 atom stereocenters. The summed E-state index contributed by atoms with van der Waals surface area (Å²) in [6, 6.07) is 11.9. The molecule has 76 valence electrons. The fourth-order valence-corrected chi connectivity index (χ4v) is 1.28. The lowest BCUT2D eigenvalue weighted by Crippen LogP contribution is -1.80. The molecule has 0 radical (unpaired) electrons. The zero-order valence-corrected chi connectivity index (χ0v) is 8.88. The zero-order valence-electron chi connectivity index (χ0n) is 8.88. The van der Waals surface area contributed by atoms with Crippen molar-refractivity contribution in [3.63, 3.8) is 0 Å². The maximum Gasteiger partial charge on any atom is 0.154 e. The molecule has 2 rings (SSSR count). The van der Waals surface area contributed by atoms with Crippen LogP contribution in [0.2, 0.25) is 0 Å². The van der Waals surface area contributed by atoms with E-state index in [0.29, 0.717) is 0 Å². The van der Waals surface area contributed by atoms with Crippen LogP contribution in [-0.4, -0.2) is 4.57 Å². The number of rotatable bonds is 2. The molecule has 0 aliphatic rings. The molecule has 0 unspecified atom stereocenters. The lowest BCUT2D eigenvalue weighted by Gasteiger charge is -1.95. The summed E-state index contributed by atoms with van der Waals surface area (Å²) in [5, 5.41) is 8.31. The van der Waals surface area contributed by atoms with Crippen molar-refractivity contribution < 1.29 is 0 Å². The molecule has 0 fully saturated rings. The number of hydrogen-bond acceptors (Lipinski definition) is 2. The predicted molar refractivity (Wildman–Crippen MR) is 60.8 cm³/mol. The van der Waals surface area contributed by atoms with Crippen molar-refractivity contribution in [1.29, 1.82) is 0 Å². The average molecular weight is 199 g/mol. The third-order valence-electron chi connectivity index (χ3n) is 2.22. The summed E-state index contributed by atoms with van der Waals surface area (Å²) >= 11 is 0. The molecule has 0 saturated carbocycles. The van der Waals surface area contributed by atoms with Crippen LogP contribution in [0, 0.1) is 6.92 Å². The molecule has 1 aromatic carbocycles. The molecule has 0 amide bonds. The van der Waals surface area contributed by atoms with Crippen LogP contribution in [0.3, 0.4) is 0 Å². The summed E-state index contributed by atoms with van der Waals surface area (Å²) in [6.07, 6.45) is 1.95. The monoisotopic (exact) mass is 199 g/mol. The molecule has 3 heteroatoms. The summed E-state index contributed by atoms with van der Waals surface area (Å²) < 4.78 is 1.93. The van der Waals surface area contributed by atoms with Gasteiger partial charge in [0.15, 0.2) is 5.82 Å². The Kier molecular flexibility index (Phi) is 2.63. The second-order valence-electron chi connectivity index (χ2n) is 3.51. The fourth-order valence-electron chi connectivity index (χ4n) is 1.28. The van der Waals surface area contributed by atoms with E-state index >= 15 is 0 Å². The molecule has 0 N–H and O–H groups in total. The van der Waals surface area contributed by atoms with E-state index in [2.05, 4.69) is 17.2 Å². The van der Waals surface area contributed by atoms with E-state index in [0.717, 1.165) is 11.5 Å². The maximum absolute atomic E-state index is 4.15. The van der Waals surface area contributed by atoms with Crippen molar-refractivity contribution >= 4 is 11.5 Å². The molecule has 3 nitrogen and oxygen atoms in total. The minimum atomic E-state index is 0.857. The highest BCUT2D eigenvalue weighted by Crippen LogP contribution is 2.18. The largest absolute Gasteiger partial charge is 0.335 e. The van der Waals surface area contributed by atoms with Gasteiger partial charge in [-0.25, -0.2) is 0 Å². The Labute approximate surface area is 89.1 Å². The average Bonchev–Trinajstić information content (AvgIpc) is 2.63. The van der Waals surface area contributed by atoms with Gasteiger partial charge in [0.05, 0.1) is 5.69 Å². The van der Waals surface area contributed by atoms with Gasteiger partial charge in [-0.15, -0.1) is 10.2 Å². The SMILES string of the molecule is Cc1ccc(N=Nc2cccn2C)cc1. The summed E-state index contributed by atoms with van der Waals surface area (Å²) in [6.45, 7) is 2.05. The number of azo groups is 1. The van der Waals surface area contributed by atoms with Gasteiger partial charge in [0.1, 0.15) is 0 Å². The Hall–Kier alpha value is -1.90. The highest BCUT2D eigenvalue weighted by atomic mass is 15.2. The van der Waals surface area contributed by atoms with Crippen LogP contribution >= 0.6 is 0 Å². The number of aryl methyl sites for hydroxylation is 2. The summed E-state index contributed by atoms with van der Waals surface area (Å²) in [5.41, 5.74) is 2.11. The van der Waals surface area contributed by atoms with Gasteiger partial charge in [-0.3, -0.25) is 0 Å². The van der Waals surface area contributed by atoms with Gasteiger partial charge in [0.25, 0.3) is 0 Å². The van der Waals surface area contributed by atoms with E-state index in [9.17, 15) is 0 Å². The van der Waals surface area contributed by atoms with Gasteiger partial charge >= 0.3 is 0 Å². The van der Waals surface area contributed by atoms with Crippen molar-refractivity contribution in [2.75, 3.05) is 0 Å². The van der Waals surface area contributed by atoms with E-state index in [1.165, 1.54) is 5.56 Å². The summed E-state index contributed by atoms with van der Waals surface area (Å²) in [5.74, 6) is 0.857. The van der Waals surface area contributed by atoms with Gasteiger partial charge in [0, 0.05) is 13.2 Å². The predicted octanol–water partition coefficient (Wildman–Crippen LogP) is 3.75. The molecule has 0 aliphatic carbocycles. The second-order valence-corrected chi connectivity index (χ2v) is 3.51. The maximum atomic E-state index is 4.15. The van der Waals surface area contributed by atoms with Crippen LogP contribution in [0.4, 0.5) is 11.5 Å².